The van der Waals surface area contributed by atoms with Crippen molar-refractivity contribution in [3.63, 3.8) is 0 Å². The number of hydrogen-bond donors (Lipinski definition) is 2. The molecule has 0 amide bonds. The van der Waals surface area contributed by atoms with Crippen molar-refractivity contribution in [2.24, 2.45) is 0 Å². The van der Waals surface area contributed by atoms with Crippen LogP contribution in [0.25, 0.3) is 0 Å². The Balaban J connectivity index is 2.49. The van der Waals surface area contributed by atoms with Gasteiger partial charge in [-0.15, -0.1) is 0 Å². The topological polar surface area (TPSA) is 43.7 Å². The molecule has 1 aromatic rings. The molecular formula is C11H17NO2. The highest BCUT2D eigenvalue weighted by Crippen LogP contribution is 2.13. The van der Waals surface area contributed by atoms with Crippen LogP contribution in [0.1, 0.15) is 12.0 Å². The minimum absolute atomic E-state index is 0.310. The Bertz CT molecular complexity index is 270. The normalized spacial score (nSPS) is 12.1. The standard InChI is InChI=1S/C11H17NO2/c1-12(2)11(13,14)9-8-10-6-4-3-5-7-10/h3-7,13-14H,8-9H2,1-2H3. The highest BCUT2D eigenvalue weighted by molar-refractivity contribution is 5.14. The first-order valence-electron chi connectivity index (χ1n) is 4.68. The van der Waals surface area contributed by atoms with Crippen LogP contribution in [0.3, 0.4) is 0 Å². The van der Waals surface area contributed by atoms with Crippen LogP contribution in [0.5, 0.6) is 0 Å². The molecule has 0 saturated heterocycles. The van der Waals surface area contributed by atoms with Gasteiger partial charge in [0.2, 0.25) is 5.91 Å². The van der Waals surface area contributed by atoms with Crippen molar-refractivity contribution in [3.8, 4) is 0 Å². The molecule has 78 valence electrons. The quantitative estimate of drug-likeness (QED) is 0.699. The maximum absolute atomic E-state index is 9.53. The molecule has 0 bridgehead atoms. The second-order valence-electron chi connectivity index (χ2n) is 3.65. The predicted octanol–water partition coefficient (Wildman–Crippen LogP) is 0.819. The Morgan fingerprint density at radius 2 is 1.71 bits per heavy atom. The van der Waals surface area contributed by atoms with E-state index in [4.69, 9.17) is 0 Å². The molecule has 2 N–H and O–H groups in total. The zero-order valence-electron chi connectivity index (χ0n) is 8.64. The van der Waals surface area contributed by atoms with E-state index < -0.39 is 5.91 Å². The van der Waals surface area contributed by atoms with E-state index in [1.165, 1.54) is 4.90 Å². The summed E-state index contributed by atoms with van der Waals surface area (Å²) < 4.78 is 0. The Labute approximate surface area is 84.6 Å². The molecule has 0 radical (unpaired) electrons. The smallest absolute Gasteiger partial charge is 0.224 e. The molecule has 0 saturated carbocycles. The molecule has 3 nitrogen and oxygen atoms in total. The second-order valence-corrected chi connectivity index (χ2v) is 3.65. The summed E-state index contributed by atoms with van der Waals surface area (Å²) in [6, 6.07) is 9.79. The lowest BCUT2D eigenvalue weighted by molar-refractivity contribution is -0.252. The maximum Gasteiger partial charge on any atom is 0.224 e. The molecule has 0 aliphatic heterocycles. The third-order valence-electron chi connectivity index (χ3n) is 2.31. The lowest BCUT2D eigenvalue weighted by Gasteiger charge is -2.28. The molecular weight excluding hydrogens is 178 g/mol. The van der Waals surface area contributed by atoms with E-state index in [0.717, 1.165) is 5.56 Å². The van der Waals surface area contributed by atoms with Crippen molar-refractivity contribution in [1.82, 2.24) is 4.90 Å². The number of aliphatic hydroxyl groups is 2. The van der Waals surface area contributed by atoms with E-state index in [-0.39, 0.29) is 0 Å². The Hall–Kier alpha value is -0.900. The minimum atomic E-state index is -1.71. The van der Waals surface area contributed by atoms with Gasteiger partial charge in [-0.05, 0) is 26.1 Å². The second kappa shape index (κ2) is 4.55. The molecule has 1 aromatic carbocycles. The molecule has 0 aromatic heterocycles. The number of rotatable bonds is 4. The van der Waals surface area contributed by atoms with Crippen molar-refractivity contribution < 1.29 is 10.2 Å². The first-order valence-corrected chi connectivity index (χ1v) is 4.68. The average Bonchev–Trinajstić information content (AvgIpc) is 2.16. The Morgan fingerprint density at radius 1 is 1.14 bits per heavy atom. The lowest BCUT2D eigenvalue weighted by Crippen LogP contribution is -2.44. The zero-order valence-corrected chi connectivity index (χ0v) is 8.64. The molecule has 0 spiro atoms. The summed E-state index contributed by atoms with van der Waals surface area (Å²) >= 11 is 0. The fourth-order valence-corrected chi connectivity index (χ4v) is 1.18. The van der Waals surface area contributed by atoms with Gasteiger partial charge in [0, 0.05) is 6.42 Å². The molecule has 0 heterocycles. The van der Waals surface area contributed by atoms with Crippen LogP contribution in [-0.2, 0) is 6.42 Å². The monoisotopic (exact) mass is 195 g/mol. The minimum Gasteiger partial charge on any atom is -0.353 e. The van der Waals surface area contributed by atoms with E-state index in [1.807, 2.05) is 30.3 Å². The van der Waals surface area contributed by atoms with E-state index in [1.54, 1.807) is 14.1 Å². The first kappa shape index (κ1) is 11.2. The molecule has 0 unspecified atom stereocenters. The number of nitrogens with zero attached hydrogens (tertiary/aromatic N) is 1. The van der Waals surface area contributed by atoms with E-state index >= 15 is 0 Å². The summed E-state index contributed by atoms with van der Waals surface area (Å²) in [5.41, 5.74) is 1.11. The number of hydrogen-bond acceptors (Lipinski definition) is 3. The van der Waals surface area contributed by atoms with Gasteiger partial charge >= 0.3 is 0 Å². The fourth-order valence-electron chi connectivity index (χ4n) is 1.18. The molecule has 1 rings (SSSR count). The van der Waals surface area contributed by atoms with Crippen molar-refractivity contribution in [2.45, 2.75) is 18.8 Å². The van der Waals surface area contributed by atoms with Crippen LogP contribution in [0, 0.1) is 0 Å². The molecule has 3 heteroatoms. The molecule has 0 aliphatic rings. The van der Waals surface area contributed by atoms with Crippen LogP contribution in [0.2, 0.25) is 0 Å². The molecule has 0 aliphatic carbocycles. The summed E-state index contributed by atoms with van der Waals surface area (Å²) in [5, 5.41) is 19.1. The fraction of sp³-hybridized carbons (Fsp3) is 0.455. The van der Waals surface area contributed by atoms with Gasteiger partial charge in [-0.2, -0.15) is 0 Å². The van der Waals surface area contributed by atoms with Gasteiger partial charge in [0.25, 0.3) is 0 Å². The lowest BCUT2D eigenvalue weighted by atomic mass is 10.1. The molecule has 14 heavy (non-hydrogen) atoms. The van der Waals surface area contributed by atoms with Crippen LogP contribution in [0.15, 0.2) is 30.3 Å². The summed E-state index contributed by atoms with van der Waals surface area (Å²) in [6.07, 6.45) is 0.968. The number of aryl methyl sites for hydroxylation is 1. The van der Waals surface area contributed by atoms with Crippen molar-refractivity contribution >= 4 is 0 Å². The van der Waals surface area contributed by atoms with Crippen molar-refractivity contribution in [2.75, 3.05) is 14.1 Å². The predicted molar refractivity (Wildman–Crippen MR) is 55.6 cm³/mol. The van der Waals surface area contributed by atoms with Crippen molar-refractivity contribution in [3.05, 3.63) is 35.9 Å². The molecule has 0 atom stereocenters. The van der Waals surface area contributed by atoms with Crippen LogP contribution in [-0.4, -0.2) is 35.1 Å². The van der Waals surface area contributed by atoms with E-state index in [0.29, 0.717) is 12.8 Å². The highest BCUT2D eigenvalue weighted by Gasteiger charge is 2.24. The summed E-state index contributed by atoms with van der Waals surface area (Å²) in [5.74, 6) is -1.71. The summed E-state index contributed by atoms with van der Waals surface area (Å²) in [4.78, 5) is 1.40. The maximum atomic E-state index is 9.53. The van der Waals surface area contributed by atoms with Gasteiger partial charge in [0.05, 0.1) is 0 Å². The van der Waals surface area contributed by atoms with Crippen molar-refractivity contribution in [1.29, 1.82) is 0 Å². The first-order chi connectivity index (χ1) is 6.52. The van der Waals surface area contributed by atoms with Gasteiger partial charge in [-0.1, -0.05) is 30.3 Å². The van der Waals surface area contributed by atoms with Crippen LogP contribution in [0.4, 0.5) is 0 Å². The third kappa shape index (κ3) is 3.10. The van der Waals surface area contributed by atoms with E-state index in [9.17, 15) is 10.2 Å². The van der Waals surface area contributed by atoms with E-state index in [2.05, 4.69) is 0 Å². The SMILES string of the molecule is CN(C)C(O)(O)CCc1ccccc1. The van der Waals surface area contributed by atoms with Crippen LogP contribution >= 0.6 is 0 Å². The average molecular weight is 195 g/mol. The Morgan fingerprint density at radius 3 is 2.21 bits per heavy atom. The molecule has 0 fully saturated rings. The Kier molecular flexibility index (Phi) is 3.63. The van der Waals surface area contributed by atoms with Gasteiger partial charge < -0.3 is 10.2 Å². The van der Waals surface area contributed by atoms with Gasteiger partial charge in [0.15, 0.2) is 0 Å². The zero-order chi connectivity index (χ0) is 10.6. The highest BCUT2D eigenvalue weighted by atomic mass is 16.5. The summed E-state index contributed by atoms with van der Waals surface area (Å²) in [7, 11) is 3.29. The largest absolute Gasteiger partial charge is 0.353 e. The third-order valence-corrected chi connectivity index (χ3v) is 2.31. The van der Waals surface area contributed by atoms with Gasteiger partial charge in [-0.3, -0.25) is 4.90 Å². The number of benzene rings is 1. The van der Waals surface area contributed by atoms with Gasteiger partial charge in [-0.25, -0.2) is 0 Å². The summed E-state index contributed by atoms with van der Waals surface area (Å²) in [6.45, 7) is 0. The van der Waals surface area contributed by atoms with Crippen LogP contribution < -0.4 is 0 Å². The van der Waals surface area contributed by atoms with Gasteiger partial charge in [0.1, 0.15) is 0 Å².